The summed E-state index contributed by atoms with van der Waals surface area (Å²) in [5, 5.41) is 4.08. The van der Waals surface area contributed by atoms with Crippen LogP contribution < -0.4 is 5.32 Å². The molecule has 0 aromatic heterocycles. The highest BCUT2D eigenvalue weighted by Gasteiger charge is 2.14. The summed E-state index contributed by atoms with van der Waals surface area (Å²) in [5.41, 5.74) is 4.52. The second kappa shape index (κ2) is 7.06. The van der Waals surface area contributed by atoms with Gasteiger partial charge in [0.25, 0.3) is 0 Å². The van der Waals surface area contributed by atoms with Gasteiger partial charge in [-0.25, -0.2) is 4.39 Å². The highest BCUT2D eigenvalue weighted by atomic mass is 35.5. The Hall–Kier alpha value is -1.38. The Balaban J connectivity index is 2.32. The van der Waals surface area contributed by atoms with Crippen molar-refractivity contribution in [2.75, 3.05) is 6.54 Å². The molecule has 0 amide bonds. The second-order valence-corrected chi connectivity index (χ2v) is 5.88. The van der Waals surface area contributed by atoms with Gasteiger partial charge >= 0.3 is 0 Å². The third-order valence-electron chi connectivity index (χ3n) is 3.53. The topological polar surface area (TPSA) is 12.0 Å². The van der Waals surface area contributed by atoms with Crippen LogP contribution in [0, 0.1) is 19.7 Å². The molecule has 0 saturated carbocycles. The van der Waals surface area contributed by atoms with E-state index in [0.717, 1.165) is 12.1 Å². The molecular formula is C18H21ClFN. The molecule has 2 aromatic carbocycles. The predicted octanol–water partition coefficient (Wildman–Crippen LogP) is 4.99. The molecule has 1 atom stereocenters. The first-order valence-corrected chi connectivity index (χ1v) is 7.63. The first kappa shape index (κ1) is 16.0. The summed E-state index contributed by atoms with van der Waals surface area (Å²) in [6.07, 6.45) is 0.674. The molecule has 21 heavy (non-hydrogen) atoms. The van der Waals surface area contributed by atoms with Crippen molar-refractivity contribution < 1.29 is 4.39 Å². The van der Waals surface area contributed by atoms with Crippen LogP contribution in [0.1, 0.15) is 35.2 Å². The number of hydrogen-bond acceptors (Lipinski definition) is 1. The van der Waals surface area contributed by atoms with Gasteiger partial charge in [-0.3, -0.25) is 0 Å². The van der Waals surface area contributed by atoms with Crippen molar-refractivity contribution in [3.05, 3.63) is 69.5 Å². The van der Waals surface area contributed by atoms with Gasteiger partial charge in [-0.2, -0.15) is 0 Å². The first-order valence-electron chi connectivity index (χ1n) is 7.25. The van der Waals surface area contributed by atoms with E-state index in [1.807, 2.05) is 0 Å². The Labute approximate surface area is 131 Å². The summed E-state index contributed by atoms with van der Waals surface area (Å²) in [6, 6.07) is 11.2. The highest BCUT2D eigenvalue weighted by Crippen LogP contribution is 2.25. The normalized spacial score (nSPS) is 12.4. The number of halogens is 2. The van der Waals surface area contributed by atoms with E-state index in [1.54, 1.807) is 6.07 Å². The summed E-state index contributed by atoms with van der Waals surface area (Å²) in [6.45, 7) is 7.11. The minimum atomic E-state index is -0.245. The molecule has 0 aliphatic heterocycles. The zero-order valence-corrected chi connectivity index (χ0v) is 13.5. The maximum absolute atomic E-state index is 13.4. The fourth-order valence-corrected chi connectivity index (χ4v) is 2.88. The highest BCUT2D eigenvalue weighted by molar-refractivity contribution is 6.31. The zero-order chi connectivity index (χ0) is 15.4. The smallest absolute Gasteiger partial charge is 0.123 e. The molecule has 0 heterocycles. The summed E-state index contributed by atoms with van der Waals surface area (Å²) >= 11 is 6.20. The van der Waals surface area contributed by atoms with E-state index >= 15 is 0 Å². The van der Waals surface area contributed by atoms with Crippen LogP contribution in [0.15, 0.2) is 36.4 Å². The molecule has 0 bridgehead atoms. The van der Waals surface area contributed by atoms with E-state index in [9.17, 15) is 4.39 Å². The van der Waals surface area contributed by atoms with Crippen molar-refractivity contribution >= 4 is 11.6 Å². The standard InChI is InChI=1S/C18H21ClFN/c1-4-21-18(15-8-12(2)7-13(3)9-15)11-14-10-16(20)5-6-17(14)19/h5-10,18,21H,4,11H2,1-3H3. The molecule has 112 valence electrons. The average Bonchev–Trinajstić information content (AvgIpc) is 2.41. The number of likely N-dealkylation sites (N-methyl/N-ethyl adjacent to an activating group) is 1. The average molecular weight is 306 g/mol. The lowest BCUT2D eigenvalue weighted by Gasteiger charge is -2.20. The molecule has 1 nitrogen and oxygen atoms in total. The molecular weight excluding hydrogens is 285 g/mol. The molecule has 0 saturated heterocycles. The third kappa shape index (κ3) is 4.29. The molecule has 1 unspecified atom stereocenters. The van der Waals surface area contributed by atoms with Gasteiger partial charge in [-0.05, 0) is 56.1 Å². The molecule has 0 aliphatic carbocycles. The molecule has 0 fully saturated rings. The minimum Gasteiger partial charge on any atom is -0.310 e. The van der Waals surface area contributed by atoms with E-state index < -0.39 is 0 Å². The number of aryl methyl sites for hydroxylation is 2. The van der Waals surface area contributed by atoms with Crippen LogP contribution in [-0.4, -0.2) is 6.54 Å². The quantitative estimate of drug-likeness (QED) is 0.820. The maximum Gasteiger partial charge on any atom is 0.123 e. The predicted molar refractivity (Wildman–Crippen MR) is 87.4 cm³/mol. The summed E-state index contributed by atoms with van der Waals surface area (Å²) in [7, 11) is 0. The molecule has 0 spiro atoms. The van der Waals surface area contributed by atoms with Gasteiger partial charge in [0.05, 0.1) is 0 Å². The summed E-state index contributed by atoms with van der Waals surface area (Å²) in [4.78, 5) is 0. The molecule has 3 heteroatoms. The molecule has 0 radical (unpaired) electrons. The number of nitrogens with one attached hydrogen (secondary N) is 1. The zero-order valence-electron chi connectivity index (χ0n) is 12.7. The molecule has 1 N–H and O–H groups in total. The van der Waals surface area contributed by atoms with Gasteiger partial charge in [0.1, 0.15) is 5.82 Å². The van der Waals surface area contributed by atoms with Crippen LogP contribution in [0.5, 0.6) is 0 Å². The van der Waals surface area contributed by atoms with Crippen molar-refractivity contribution in [2.24, 2.45) is 0 Å². The van der Waals surface area contributed by atoms with Crippen LogP contribution in [-0.2, 0) is 6.42 Å². The van der Waals surface area contributed by atoms with Crippen molar-refractivity contribution in [1.82, 2.24) is 5.32 Å². The fraction of sp³-hybridized carbons (Fsp3) is 0.333. The Morgan fingerprint density at radius 1 is 1.10 bits per heavy atom. The Morgan fingerprint density at radius 3 is 2.38 bits per heavy atom. The fourth-order valence-electron chi connectivity index (χ4n) is 2.69. The first-order chi connectivity index (χ1) is 9.99. The third-order valence-corrected chi connectivity index (χ3v) is 3.90. The van der Waals surface area contributed by atoms with Gasteiger partial charge in [0, 0.05) is 11.1 Å². The van der Waals surface area contributed by atoms with Crippen molar-refractivity contribution in [2.45, 2.75) is 33.2 Å². The number of rotatable bonds is 5. The number of benzene rings is 2. The lowest BCUT2D eigenvalue weighted by Crippen LogP contribution is -2.23. The van der Waals surface area contributed by atoms with Crippen molar-refractivity contribution in [3.8, 4) is 0 Å². The Kier molecular flexibility index (Phi) is 5.38. The van der Waals surface area contributed by atoms with E-state index in [0.29, 0.717) is 11.4 Å². The van der Waals surface area contributed by atoms with Gasteiger partial charge in [0.2, 0.25) is 0 Å². The number of hydrogen-bond donors (Lipinski definition) is 1. The van der Waals surface area contributed by atoms with Crippen LogP contribution in [0.2, 0.25) is 5.02 Å². The van der Waals surface area contributed by atoms with Crippen LogP contribution in [0.4, 0.5) is 4.39 Å². The van der Waals surface area contributed by atoms with E-state index in [4.69, 9.17) is 11.6 Å². The van der Waals surface area contributed by atoms with Crippen LogP contribution >= 0.6 is 11.6 Å². The summed E-state index contributed by atoms with van der Waals surface area (Å²) < 4.78 is 13.4. The summed E-state index contributed by atoms with van der Waals surface area (Å²) in [5.74, 6) is -0.245. The van der Waals surface area contributed by atoms with Crippen molar-refractivity contribution in [1.29, 1.82) is 0 Å². The van der Waals surface area contributed by atoms with Crippen LogP contribution in [0.25, 0.3) is 0 Å². The second-order valence-electron chi connectivity index (χ2n) is 5.47. The SMILES string of the molecule is CCNC(Cc1cc(F)ccc1Cl)c1cc(C)cc(C)c1. The monoisotopic (exact) mass is 305 g/mol. The lowest BCUT2D eigenvalue weighted by molar-refractivity contribution is 0.546. The largest absolute Gasteiger partial charge is 0.310 e. The maximum atomic E-state index is 13.4. The van der Waals surface area contributed by atoms with Gasteiger partial charge in [-0.1, -0.05) is 47.9 Å². The van der Waals surface area contributed by atoms with E-state index in [1.165, 1.54) is 28.8 Å². The van der Waals surface area contributed by atoms with Crippen molar-refractivity contribution in [3.63, 3.8) is 0 Å². The Morgan fingerprint density at radius 2 is 1.76 bits per heavy atom. The lowest BCUT2D eigenvalue weighted by atomic mass is 9.96. The van der Waals surface area contributed by atoms with Gasteiger partial charge < -0.3 is 5.32 Å². The Bertz CT molecular complexity index is 604. The van der Waals surface area contributed by atoms with Gasteiger partial charge in [-0.15, -0.1) is 0 Å². The van der Waals surface area contributed by atoms with Crippen LogP contribution in [0.3, 0.4) is 0 Å². The molecule has 2 rings (SSSR count). The molecule has 0 aliphatic rings. The van der Waals surface area contributed by atoms with Gasteiger partial charge in [0.15, 0.2) is 0 Å². The van der Waals surface area contributed by atoms with E-state index in [2.05, 4.69) is 44.3 Å². The van der Waals surface area contributed by atoms with E-state index in [-0.39, 0.29) is 11.9 Å². The molecule has 2 aromatic rings. The minimum absolute atomic E-state index is 0.132.